The molecule has 0 heterocycles. The zero-order chi connectivity index (χ0) is 10.4. The number of hydrogen-bond donors (Lipinski definition) is 1. The molecule has 0 saturated carbocycles. The van der Waals surface area contributed by atoms with Crippen molar-refractivity contribution < 1.29 is 9.18 Å². The van der Waals surface area contributed by atoms with E-state index in [9.17, 15) is 9.18 Å². The summed E-state index contributed by atoms with van der Waals surface area (Å²) in [5.74, 6) is -0.510. The Morgan fingerprint density at radius 3 is 2.86 bits per heavy atom. The summed E-state index contributed by atoms with van der Waals surface area (Å²) in [7, 11) is 0. The Morgan fingerprint density at radius 1 is 1.50 bits per heavy atom. The van der Waals surface area contributed by atoms with E-state index in [1.54, 1.807) is 31.2 Å². The van der Waals surface area contributed by atoms with Gasteiger partial charge in [-0.15, -0.1) is 0 Å². The average molecular weight is 193 g/mol. The van der Waals surface area contributed by atoms with Crippen molar-refractivity contribution in [3.8, 4) is 0 Å². The predicted molar refractivity (Wildman–Crippen MR) is 53.1 cm³/mol. The van der Waals surface area contributed by atoms with Gasteiger partial charge in [0.15, 0.2) is 0 Å². The molecule has 1 rings (SSSR count). The highest BCUT2D eigenvalue weighted by atomic mass is 19.1. The largest absolute Gasteiger partial charge is 0.348 e. The van der Waals surface area contributed by atoms with E-state index in [-0.39, 0.29) is 18.3 Å². The molecule has 0 spiro atoms. The van der Waals surface area contributed by atoms with E-state index in [1.165, 1.54) is 12.1 Å². The zero-order valence-electron chi connectivity index (χ0n) is 7.96. The molecule has 0 aliphatic heterocycles. The molecule has 0 bridgehead atoms. The van der Waals surface area contributed by atoms with Crippen LogP contribution in [-0.4, -0.2) is 5.91 Å². The molecule has 0 aliphatic rings. The highest BCUT2D eigenvalue weighted by Crippen LogP contribution is 2.05. The van der Waals surface area contributed by atoms with Crippen LogP contribution in [0.3, 0.4) is 0 Å². The summed E-state index contributed by atoms with van der Waals surface area (Å²) in [4.78, 5) is 11.0. The average Bonchev–Trinajstić information content (AvgIpc) is 2.17. The molecule has 0 fully saturated rings. The first-order valence-electron chi connectivity index (χ1n) is 4.38. The number of allylic oxidation sites excluding steroid dienone is 1. The second kappa shape index (κ2) is 5.17. The molecule has 3 heteroatoms. The van der Waals surface area contributed by atoms with Crippen LogP contribution < -0.4 is 5.32 Å². The van der Waals surface area contributed by atoms with Crippen molar-refractivity contribution in [3.63, 3.8) is 0 Å². The number of benzene rings is 1. The van der Waals surface area contributed by atoms with Crippen LogP contribution in [0.4, 0.5) is 4.39 Å². The van der Waals surface area contributed by atoms with Crippen LogP contribution in [0.25, 0.3) is 0 Å². The van der Waals surface area contributed by atoms with E-state index in [2.05, 4.69) is 5.32 Å². The van der Waals surface area contributed by atoms with Crippen LogP contribution in [0, 0.1) is 5.82 Å². The van der Waals surface area contributed by atoms with Crippen molar-refractivity contribution in [2.75, 3.05) is 0 Å². The standard InChI is InChI=1S/C11H12FNO/c1-2-5-11(14)13-8-9-6-3-4-7-10(9)12/h2-7H,8H2,1H3,(H,13,14). The summed E-state index contributed by atoms with van der Waals surface area (Å²) in [6.45, 7) is 1.97. The Labute approximate surface area is 82.4 Å². The van der Waals surface area contributed by atoms with E-state index < -0.39 is 0 Å². The van der Waals surface area contributed by atoms with Crippen molar-refractivity contribution in [2.45, 2.75) is 13.5 Å². The van der Waals surface area contributed by atoms with Crippen LogP contribution in [-0.2, 0) is 11.3 Å². The Bertz CT molecular complexity index is 347. The number of amides is 1. The van der Waals surface area contributed by atoms with Crippen LogP contribution in [0.2, 0.25) is 0 Å². The summed E-state index contributed by atoms with van der Waals surface area (Å²) >= 11 is 0. The summed E-state index contributed by atoms with van der Waals surface area (Å²) in [6, 6.07) is 6.37. The number of hydrogen-bond acceptors (Lipinski definition) is 1. The van der Waals surface area contributed by atoms with E-state index in [1.807, 2.05) is 0 Å². The lowest BCUT2D eigenvalue weighted by Crippen LogP contribution is -2.20. The monoisotopic (exact) mass is 193 g/mol. The molecule has 14 heavy (non-hydrogen) atoms. The second-order valence-electron chi connectivity index (χ2n) is 2.81. The third-order valence-corrected chi connectivity index (χ3v) is 1.73. The lowest BCUT2D eigenvalue weighted by atomic mass is 10.2. The number of halogens is 1. The smallest absolute Gasteiger partial charge is 0.243 e. The molecule has 0 aromatic heterocycles. The molecular weight excluding hydrogens is 181 g/mol. The highest BCUT2D eigenvalue weighted by Gasteiger charge is 2.00. The predicted octanol–water partition coefficient (Wildman–Crippen LogP) is 2.02. The minimum Gasteiger partial charge on any atom is -0.348 e. The zero-order valence-corrected chi connectivity index (χ0v) is 7.96. The maximum atomic E-state index is 13.1. The van der Waals surface area contributed by atoms with Gasteiger partial charge in [0.1, 0.15) is 5.82 Å². The molecule has 74 valence electrons. The van der Waals surface area contributed by atoms with E-state index in [4.69, 9.17) is 0 Å². The van der Waals surface area contributed by atoms with Gasteiger partial charge in [-0.1, -0.05) is 24.3 Å². The van der Waals surface area contributed by atoms with Gasteiger partial charge in [-0.2, -0.15) is 0 Å². The van der Waals surface area contributed by atoms with Crippen molar-refractivity contribution in [1.29, 1.82) is 0 Å². The molecule has 1 aromatic rings. The summed E-state index contributed by atoms with van der Waals surface area (Å²) in [6.07, 6.45) is 3.04. The summed E-state index contributed by atoms with van der Waals surface area (Å²) < 4.78 is 13.1. The van der Waals surface area contributed by atoms with Gasteiger partial charge in [0.2, 0.25) is 5.91 Å². The van der Waals surface area contributed by atoms with Crippen molar-refractivity contribution >= 4 is 5.91 Å². The number of rotatable bonds is 3. The Morgan fingerprint density at radius 2 is 2.21 bits per heavy atom. The molecule has 0 atom stereocenters. The Kier molecular flexibility index (Phi) is 3.85. The SMILES string of the molecule is CC=CC(=O)NCc1ccccc1F. The second-order valence-corrected chi connectivity index (χ2v) is 2.81. The summed E-state index contributed by atoms with van der Waals surface area (Å²) in [5, 5.41) is 2.57. The quantitative estimate of drug-likeness (QED) is 0.731. The molecule has 1 N–H and O–H groups in total. The first-order chi connectivity index (χ1) is 6.74. The maximum absolute atomic E-state index is 13.1. The van der Waals surface area contributed by atoms with Crippen LogP contribution in [0.1, 0.15) is 12.5 Å². The first-order valence-corrected chi connectivity index (χ1v) is 4.38. The molecule has 1 amide bonds. The third-order valence-electron chi connectivity index (χ3n) is 1.73. The van der Waals surface area contributed by atoms with Crippen LogP contribution >= 0.6 is 0 Å². The molecule has 0 unspecified atom stereocenters. The number of carbonyl (C=O) groups excluding carboxylic acids is 1. The third kappa shape index (κ3) is 3.01. The van der Waals surface area contributed by atoms with Crippen molar-refractivity contribution in [2.24, 2.45) is 0 Å². The lowest BCUT2D eigenvalue weighted by Gasteiger charge is -2.03. The van der Waals surface area contributed by atoms with Crippen molar-refractivity contribution in [1.82, 2.24) is 5.32 Å². The number of nitrogens with one attached hydrogen (secondary N) is 1. The molecule has 0 saturated heterocycles. The van der Waals surface area contributed by atoms with Gasteiger partial charge in [0, 0.05) is 12.1 Å². The lowest BCUT2D eigenvalue weighted by molar-refractivity contribution is -0.116. The van der Waals surface area contributed by atoms with Crippen LogP contribution in [0.15, 0.2) is 36.4 Å². The van der Waals surface area contributed by atoms with Gasteiger partial charge in [0.25, 0.3) is 0 Å². The fourth-order valence-electron chi connectivity index (χ4n) is 1.03. The van der Waals surface area contributed by atoms with E-state index in [0.29, 0.717) is 5.56 Å². The Balaban J connectivity index is 2.54. The van der Waals surface area contributed by atoms with Gasteiger partial charge < -0.3 is 5.32 Å². The van der Waals surface area contributed by atoms with Crippen LogP contribution in [0.5, 0.6) is 0 Å². The maximum Gasteiger partial charge on any atom is 0.243 e. The molecule has 0 aliphatic carbocycles. The fraction of sp³-hybridized carbons (Fsp3) is 0.182. The molecule has 2 nitrogen and oxygen atoms in total. The van der Waals surface area contributed by atoms with Gasteiger partial charge in [-0.05, 0) is 19.1 Å². The fourth-order valence-corrected chi connectivity index (χ4v) is 1.03. The molecule has 1 aromatic carbocycles. The molecule has 0 radical (unpaired) electrons. The first kappa shape index (κ1) is 10.4. The topological polar surface area (TPSA) is 29.1 Å². The van der Waals surface area contributed by atoms with Gasteiger partial charge in [-0.25, -0.2) is 4.39 Å². The van der Waals surface area contributed by atoms with E-state index in [0.717, 1.165) is 0 Å². The highest BCUT2D eigenvalue weighted by molar-refractivity contribution is 5.87. The van der Waals surface area contributed by atoms with Gasteiger partial charge in [0.05, 0.1) is 0 Å². The minimum atomic E-state index is -0.298. The summed E-state index contributed by atoms with van der Waals surface area (Å²) in [5.41, 5.74) is 0.491. The number of carbonyl (C=O) groups is 1. The van der Waals surface area contributed by atoms with Gasteiger partial charge in [-0.3, -0.25) is 4.79 Å². The molecular formula is C11H12FNO. The Hall–Kier alpha value is -1.64. The van der Waals surface area contributed by atoms with Gasteiger partial charge >= 0.3 is 0 Å². The van der Waals surface area contributed by atoms with Crippen molar-refractivity contribution in [3.05, 3.63) is 47.8 Å². The van der Waals surface area contributed by atoms with E-state index >= 15 is 0 Å². The normalized spacial score (nSPS) is 10.4. The minimum absolute atomic E-state index is 0.212.